The van der Waals surface area contributed by atoms with Crippen LogP contribution in [0.1, 0.15) is 17.3 Å². The van der Waals surface area contributed by atoms with E-state index in [0.29, 0.717) is 40.2 Å². The minimum absolute atomic E-state index is 0.302. The van der Waals surface area contributed by atoms with Crippen molar-refractivity contribution in [3.05, 3.63) is 53.7 Å². The second-order valence-electron chi connectivity index (χ2n) is 5.12. The predicted octanol–water partition coefficient (Wildman–Crippen LogP) is 2.98. The SMILES string of the molecule is CCOc1c(Cl)cc(C(=O)Nc2ccc(-n3cncn3)nc2)cc1OC. The first-order chi connectivity index (χ1) is 12.6. The normalized spacial score (nSPS) is 10.4. The first-order valence-corrected chi connectivity index (χ1v) is 8.13. The van der Waals surface area contributed by atoms with Gasteiger partial charge >= 0.3 is 0 Å². The number of rotatable bonds is 6. The minimum Gasteiger partial charge on any atom is -0.493 e. The van der Waals surface area contributed by atoms with E-state index >= 15 is 0 Å². The Labute approximate surface area is 154 Å². The van der Waals surface area contributed by atoms with E-state index in [1.54, 1.807) is 18.2 Å². The number of nitrogens with zero attached hydrogens (tertiary/aromatic N) is 4. The number of methoxy groups -OCH3 is 1. The van der Waals surface area contributed by atoms with Gasteiger partial charge in [-0.3, -0.25) is 4.79 Å². The van der Waals surface area contributed by atoms with Crippen molar-refractivity contribution >= 4 is 23.2 Å². The highest BCUT2D eigenvalue weighted by molar-refractivity contribution is 6.32. The van der Waals surface area contributed by atoms with Gasteiger partial charge in [0.05, 0.1) is 30.6 Å². The largest absolute Gasteiger partial charge is 0.493 e. The number of aromatic nitrogens is 4. The first kappa shape index (κ1) is 17.7. The van der Waals surface area contributed by atoms with Gasteiger partial charge in [-0.05, 0) is 31.2 Å². The molecule has 1 N–H and O–H groups in total. The van der Waals surface area contributed by atoms with Gasteiger partial charge in [0.15, 0.2) is 17.3 Å². The molecule has 0 radical (unpaired) electrons. The Hall–Kier alpha value is -3.13. The zero-order chi connectivity index (χ0) is 18.5. The van der Waals surface area contributed by atoms with Gasteiger partial charge in [-0.2, -0.15) is 5.10 Å². The van der Waals surface area contributed by atoms with Gasteiger partial charge in [0.1, 0.15) is 12.7 Å². The fourth-order valence-corrected chi connectivity index (χ4v) is 2.53. The third-order valence-electron chi connectivity index (χ3n) is 3.44. The Bertz CT molecular complexity index is 898. The summed E-state index contributed by atoms with van der Waals surface area (Å²) >= 11 is 6.20. The molecule has 0 aliphatic carbocycles. The number of hydrogen-bond acceptors (Lipinski definition) is 6. The van der Waals surface area contributed by atoms with Gasteiger partial charge in [0.25, 0.3) is 5.91 Å². The minimum atomic E-state index is -0.344. The van der Waals surface area contributed by atoms with Crippen molar-refractivity contribution in [1.29, 1.82) is 0 Å². The summed E-state index contributed by atoms with van der Waals surface area (Å²) in [6.07, 6.45) is 4.48. The quantitative estimate of drug-likeness (QED) is 0.714. The van der Waals surface area contributed by atoms with Crippen LogP contribution in [0.4, 0.5) is 5.69 Å². The molecule has 3 rings (SSSR count). The van der Waals surface area contributed by atoms with Gasteiger partial charge < -0.3 is 14.8 Å². The Morgan fingerprint density at radius 1 is 1.35 bits per heavy atom. The second kappa shape index (κ2) is 7.83. The van der Waals surface area contributed by atoms with E-state index in [4.69, 9.17) is 21.1 Å². The lowest BCUT2D eigenvalue weighted by molar-refractivity contribution is 0.102. The molecule has 134 valence electrons. The Balaban J connectivity index is 1.78. The topological polar surface area (TPSA) is 91.2 Å². The number of halogens is 1. The average Bonchev–Trinajstić information content (AvgIpc) is 3.18. The van der Waals surface area contributed by atoms with Crippen LogP contribution in [0, 0.1) is 0 Å². The highest BCUT2D eigenvalue weighted by Gasteiger charge is 2.16. The maximum absolute atomic E-state index is 12.5. The van der Waals surface area contributed by atoms with Gasteiger partial charge in [-0.1, -0.05) is 11.6 Å². The van der Waals surface area contributed by atoms with Crippen molar-refractivity contribution in [3.63, 3.8) is 0 Å². The van der Waals surface area contributed by atoms with Crippen LogP contribution < -0.4 is 14.8 Å². The van der Waals surface area contributed by atoms with E-state index in [1.165, 1.54) is 36.7 Å². The van der Waals surface area contributed by atoms with Crippen LogP contribution in [-0.4, -0.2) is 39.4 Å². The second-order valence-corrected chi connectivity index (χ2v) is 5.53. The van der Waals surface area contributed by atoms with Crippen LogP contribution in [0.3, 0.4) is 0 Å². The highest BCUT2D eigenvalue weighted by atomic mass is 35.5. The summed E-state index contributed by atoms with van der Waals surface area (Å²) in [7, 11) is 1.49. The number of hydrogen-bond donors (Lipinski definition) is 1. The van der Waals surface area contributed by atoms with Crippen LogP contribution in [0.15, 0.2) is 43.1 Å². The van der Waals surface area contributed by atoms with Crippen LogP contribution >= 0.6 is 11.6 Å². The van der Waals surface area contributed by atoms with E-state index in [9.17, 15) is 4.79 Å². The Kier molecular flexibility index (Phi) is 5.33. The number of nitrogens with one attached hydrogen (secondary N) is 1. The molecular formula is C17H16ClN5O3. The third kappa shape index (κ3) is 3.75. The van der Waals surface area contributed by atoms with Crippen molar-refractivity contribution < 1.29 is 14.3 Å². The van der Waals surface area contributed by atoms with Gasteiger partial charge in [0, 0.05) is 5.56 Å². The average molecular weight is 374 g/mol. The Morgan fingerprint density at radius 2 is 2.19 bits per heavy atom. The predicted molar refractivity (Wildman–Crippen MR) is 96.3 cm³/mol. The number of anilines is 1. The lowest BCUT2D eigenvalue weighted by atomic mass is 10.2. The fraction of sp³-hybridized carbons (Fsp3) is 0.176. The van der Waals surface area contributed by atoms with Gasteiger partial charge in [-0.25, -0.2) is 14.6 Å². The molecule has 9 heteroatoms. The molecule has 26 heavy (non-hydrogen) atoms. The molecule has 0 bridgehead atoms. The molecule has 0 unspecified atom stereocenters. The molecule has 2 aromatic heterocycles. The van der Waals surface area contributed by atoms with Gasteiger partial charge in [-0.15, -0.1) is 0 Å². The summed E-state index contributed by atoms with van der Waals surface area (Å²) in [6, 6.07) is 6.54. The van der Waals surface area contributed by atoms with E-state index in [-0.39, 0.29) is 5.91 Å². The van der Waals surface area contributed by atoms with Crippen LogP contribution in [0.25, 0.3) is 5.82 Å². The summed E-state index contributed by atoms with van der Waals surface area (Å²) in [4.78, 5) is 20.6. The molecule has 0 atom stereocenters. The lowest BCUT2D eigenvalue weighted by Crippen LogP contribution is -2.13. The van der Waals surface area contributed by atoms with E-state index in [2.05, 4.69) is 20.4 Å². The van der Waals surface area contributed by atoms with Gasteiger partial charge in [0.2, 0.25) is 0 Å². The molecule has 0 fully saturated rings. The standard InChI is InChI=1S/C17H16ClN5O3/c1-3-26-16-13(18)6-11(7-14(16)25-2)17(24)22-12-4-5-15(20-8-12)23-10-19-9-21-23/h4-10H,3H2,1-2H3,(H,22,24). The maximum Gasteiger partial charge on any atom is 0.255 e. The molecule has 0 spiro atoms. The molecule has 3 aromatic rings. The number of pyridine rings is 1. The smallest absolute Gasteiger partial charge is 0.255 e. The number of amides is 1. The molecule has 2 heterocycles. The van der Waals surface area contributed by atoms with Crippen molar-refractivity contribution in [2.45, 2.75) is 6.92 Å². The van der Waals surface area contributed by atoms with Crippen LogP contribution in [0.2, 0.25) is 5.02 Å². The zero-order valence-electron chi connectivity index (χ0n) is 14.1. The number of ether oxygens (including phenoxy) is 2. The number of carbonyl (C=O) groups excluding carboxylic acids is 1. The Morgan fingerprint density at radius 3 is 2.81 bits per heavy atom. The monoisotopic (exact) mass is 373 g/mol. The molecule has 8 nitrogen and oxygen atoms in total. The van der Waals surface area contributed by atoms with E-state index in [1.807, 2.05) is 6.92 Å². The maximum atomic E-state index is 12.5. The fourth-order valence-electron chi connectivity index (χ4n) is 2.26. The van der Waals surface area contributed by atoms with Crippen molar-refractivity contribution in [3.8, 4) is 17.3 Å². The summed E-state index contributed by atoms with van der Waals surface area (Å²) in [5.41, 5.74) is 0.874. The number of carbonyl (C=O) groups is 1. The zero-order valence-corrected chi connectivity index (χ0v) is 14.9. The molecule has 1 amide bonds. The lowest BCUT2D eigenvalue weighted by Gasteiger charge is -2.13. The highest BCUT2D eigenvalue weighted by Crippen LogP contribution is 2.36. The molecule has 1 aromatic carbocycles. The first-order valence-electron chi connectivity index (χ1n) is 7.75. The number of benzene rings is 1. The van der Waals surface area contributed by atoms with Crippen LogP contribution in [-0.2, 0) is 0 Å². The summed E-state index contributed by atoms with van der Waals surface area (Å²) in [5, 5.41) is 7.05. The molecule has 0 saturated carbocycles. The van der Waals surface area contributed by atoms with E-state index < -0.39 is 0 Å². The van der Waals surface area contributed by atoms with E-state index in [0.717, 1.165) is 0 Å². The summed E-state index contributed by atoms with van der Waals surface area (Å²) in [5.74, 6) is 1.05. The molecule has 0 aliphatic rings. The summed E-state index contributed by atoms with van der Waals surface area (Å²) in [6.45, 7) is 2.28. The molecule has 0 saturated heterocycles. The third-order valence-corrected chi connectivity index (χ3v) is 3.72. The van der Waals surface area contributed by atoms with Crippen LogP contribution in [0.5, 0.6) is 11.5 Å². The summed E-state index contributed by atoms with van der Waals surface area (Å²) < 4.78 is 12.2. The molecule has 0 aliphatic heterocycles. The molecular weight excluding hydrogens is 358 g/mol. The van der Waals surface area contributed by atoms with Crippen molar-refractivity contribution in [2.24, 2.45) is 0 Å². The van der Waals surface area contributed by atoms with Crippen molar-refractivity contribution in [2.75, 3.05) is 19.0 Å². The van der Waals surface area contributed by atoms with Crippen molar-refractivity contribution in [1.82, 2.24) is 19.7 Å².